The van der Waals surface area contributed by atoms with Gasteiger partial charge in [0, 0.05) is 149 Å². The highest BCUT2D eigenvalue weighted by Gasteiger charge is 2.22. The predicted octanol–water partition coefficient (Wildman–Crippen LogP) is 8.79. The van der Waals surface area contributed by atoms with Gasteiger partial charge < -0.3 is 30.2 Å². The van der Waals surface area contributed by atoms with Crippen molar-refractivity contribution in [1.82, 2.24) is 60.5 Å². The molecule has 0 radical (unpaired) electrons. The zero-order valence-corrected chi connectivity index (χ0v) is 50.8. The van der Waals surface area contributed by atoms with E-state index in [1.165, 1.54) is 18.7 Å². The van der Waals surface area contributed by atoms with Crippen LogP contribution in [0.25, 0.3) is 0 Å². The second kappa shape index (κ2) is 34.0. The van der Waals surface area contributed by atoms with Crippen molar-refractivity contribution in [2.24, 2.45) is 17.8 Å². The molecule has 2 N–H and O–H groups in total. The summed E-state index contributed by atoms with van der Waals surface area (Å²) in [6.45, 7) is 55.0. The molecule has 4 aliphatic rings. The van der Waals surface area contributed by atoms with Crippen LogP contribution in [0.1, 0.15) is 156 Å². The maximum absolute atomic E-state index is 11.9. The molecule has 0 aromatic carbocycles. The van der Waals surface area contributed by atoms with Gasteiger partial charge in [0.25, 0.3) is 5.91 Å². The number of aromatic nitrogens is 7. The lowest BCUT2D eigenvalue weighted by Gasteiger charge is -2.36. The Hall–Kier alpha value is -5.10. The number of amides is 1. The highest BCUT2D eigenvalue weighted by molar-refractivity contribution is 5.93. The molecule has 17 nitrogen and oxygen atoms in total. The van der Waals surface area contributed by atoms with E-state index in [4.69, 9.17) is 0 Å². The molecule has 0 bridgehead atoms. The number of carbonyl (C=O) groups is 1. The zero-order valence-electron chi connectivity index (χ0n) is 50.8. The van der Waals surface area contributed by atoms with E-state index in [1.807, 2.05) is 46.3 Å². The summed E-state index contributed by atoms with van der Waals surface area (Å²) in [4.78, 5) is 50.9. The van der Waals surface area contributed by atoms with Crippen molar-refractivity contribution in [2.45, 2.75) is 135 Å². The van der Waals surface area contributed by atoms with Crippen LogP contribution in [0.3, 0.4) is 0 Å². The molecule has 1 amide bonds. The number of anilines is 4. The lowest BCUT2D eigenvalue weighted by atomic mass is 10.1. The number of rotatable bonds is 15. The summed E-state index contributed by atoms with van der Waals surface area (Å²) in [5.41, 5.74) is 3.97. The van der Waals surface area contributed by atoms with Crippen molar-refractivity contribution in [3.8, 4) is 0 Å². The molecule has 0 spiro atoms. The fourth-order valence-electron chi connectivity index (χ4n) is 9.37. The van der Waals surface area contributed by atoms with E-state index in [0.717, 1.165) is 152 Å². The van der Waals surface area contributed by atoms with Gasteiger partial charge in [-0.05, 0) is 73.1 Å². The van der Waals surface area contributed by atoms with Crippen LogP contribution in [-0.2, 0) is 0 Å². The summed E-state index contributed by atoms with van der Waals surface area (Å²) < 4.78 is 0. The summed E-state index contributed by atoms with van der Waals surface area (Å²) in [6, 6.07) is 8.66. The Bertz CT molecular complexity index is 2080. The Morgan fingerprint density at radius 3 is 1.30 bits per heavy atom. The maximum Gasteiger partial charge on any atom is 0.254 e. The van der Waals surface area contributed by atoms with E-state index >= 15 is 0 Å². The second-order valence-electron chi connectivity index (χ2n) is 23.2. The Kier molecular flexibility index (Phi) is 28.5. The lowest BCUT2D eigenvalue weighted by molar-refractivity contribution is 0.0942. The topological polar surface area (TPSA) is 154 Å². The van der Waals surface area contributed by atoms with Crippen LogP contribution in [0.15, 0.2) is 55.2 Å². The molecular formula is C60H104N16O. The molecule has 4 fully saturated rings. The van der Waals surface area contributed by atoms with Gasteiger partial charge in [-0.15, -0.1) is 5.10 Å². The summed E-state index contributed by atoms with van der Waals surface area (Å²) in [6.07, 6.45) is 9.07. The average Bonchev–Trinajstić information content (AvgIpc) is 3.42. The maximum atomic E-state index is 11.9. The van der Waals surface area contributed by atoms with Gasteiger partial charge in [-0.2, -0.15) is 5.10 Å². The van der Waals surface area contributed by atoms with Crippen LogP contribution in [-0.4, -0.2) is 186 Å². The molecule has 8 rings (SSSR count). The molecule has 4 aromatic rings. The Labute approximate surface area is 466 Å². The molecule has 0 saturated carbocycles. The third kappa shape index (κ3) is 23.0. The molecule has 0 aliphatic carbocycles. The van der Waals surface area contributed by atoms with E-state index in [-0.39, 0.29) is 11.9 Å². The molecule has 77 heavy (non-hydrogen) atoms. The number of pyridine rings is 1. The molecule has 17 heteroatoms. The predicted molar refractivity (Wildman–Crippen MR) is 322 cm³/mol. The smallest absolute Gasteiger partial charge is 0.254 e. The molecule has 4 saturated heterocycles. The standard InChI is InChI=1S/C16H27N5O.2C15H26N4.C12H19N3.C2H6/c1-12(2)11-20-5-7-21(8-6-20)16-17-9-14(10-18-16)15(22)19-13(3)4;1-12(2)11-18-5-7-19(8-6-18)15-10-16-14(9-17-15)13(3)4;1-12(2)11-18-7-9-19(10-8-18)15-6-5-14(13(3)4)16-17-15;1-10(2)11-3-4-12(14-9-11)15-7-5-13-6-8-15;1-2/h9-10,12-13H,5-8,11H2,1-4H3,(H,19,22);9-10,12-13H,5-8,11H2,1-4H3;5-6,12-13H,7-11H2,1-4H3;3-4,9-10,13H,5-8H2,1-2H3;1-2H3. The Morgan fingerprint density at radius 2 is 0.909 bits per heavy atom. The number of hydrogen-bond acceptors (Lipinski definition) is 16. The SMILES string of the molecule is CC.CC(C)CN1CCN(c2ccc(C(C)C)nn2)CC1.CC(C)CN1CCN(c2cnc(C(C)C)cn2)CC1.CC(C)CN1CCN(c2ncc(C(=O)NC(C)C)cn2)CC1.CC(C)c1ccc(N2CCNCC2)nc1. The van der Waals surface area contributed by atoms with Gasteiger partial charge in [-0.3, -0.25) is 24.5 Å². The molecule has 4 aliphatic heterocycles. The van der Waals surface area contributed by atoms with E-state index in [0.29, 0.717) is 35.2 Å². The first-order valence-corrected chi connectivity index (χ1v) is 29.5. The lowest BCUT2D eigenvalue weighted by Crippen LogP contribution is -2.48. The molecular weight excluding hydrogens is 961 g/mol. The highest BCUT2D eigenvalue weighted by atomic mass is 16.1. The largest absolute Gasteiger partial charge is 0.354 e. The van der Waals surface area contributed by atoms with Crippen molar-refractivity contribution in [2.75, 3.05) is 144 Å². The molecule has 8 heterocycles. The van der Waals surface area contributed by atoms with Crippen LogP contribution in [0.5, 0.6) is 0 Å². The van der Waals surface area contributed by atoms with E-state index in [2.05, 4.69) is 187 Å². The fourth-order valence-corrected chi connectivity index (χ4v) is 9.37. The van der Waals surface area contributed by atoms with Gasteiger partial charge in [0.05, 0.1) is 29.3 Å². The molecule has 0 unspecified atom stereocenters. The van der Waals surface area contributed by atoms with E-state index in [1.54, 1.807) is 12.4 Å². The van der Waals surface area contributed by atoms with Crippen molar-refractivity contribution in [1.29, 1.82) is 0 Å². The average molecular weight is 1070 g/mol. The summed E-state index contributed by atoms with van der Waals surface area (Å²) in [5.74, 6) is 7.40. The molecule has 430 valence electrons. The highest BCUT2D eigenvalue weighted by Crippen LogP contribution is 2.20. The van der Waals surface area contributed by atoms with Crippen molar-refractivity contribution < 1.29 is 4.79 Å². The first-order chi connectivity index (χ1) is 36.8. The summed E-state index contributed by atoms with van der Waals surface area (Å²) >= 11 is 0. The number of nitrogens with zero attached hydrogens (tertiary/aromatic N) is 14. The van der Waals surface area contributed by atoms with Gasteiger partial charge in [0.1, 0.15) is 11.6 Å². The minimum absolute atomic E-state index is 0.112. The Balaban J connectivity index is 0.000000221. The van der Waals surface area contributed by atoms with Crippen LogP contribution >= 0.6 is 0 Å². The minimum Gasteiger partial charge on any atom is -0.354 e. The van der Waals surface area contributed by atoms with Crippen LogP contribution in [0.4, 0.5) is 23.4 Å². The molecule has 0 atom stereocenters. The van der Waals surface area contributed by atoms with Crippen LogP contribution < -0.4 is 30.2 Å². The first-order valence-electron chi connectivity index (χ1n) is 29.5. The van der Waals surface area contributed by atoms with Crippen molar-refractivity contribution >= 4 is 29.3 Å². The Morgan fingerprint density at radius 1 is 0.455 bits per heavy atom. The third-order valence-electron chi connectivity index (χ3n) is 13.6. The number of hydrogen-bond donors (Lipinski definition) is 2. The zero-order chi connectivity index (χ0) is 56.4. The second-order valence-corrected chi connectivity index (χ2v) is 23.2. The van der Waals surface area contributed by atoms with E-state index in [9.17, 15) is 4.79 Å². The van der Waals surface area contributed by atoms with Crippen LogP contribution in [0, 0.1) is 17.8 Å². The third-order valence-corrected chi connectivity index (χ3v) is 13.6. The first kappa shape index (κ1) is 64.4. The number of nitrogens with one attached hydrogen (secondary N) is 2. The van der Waals surface area contributed by atoms with Gasteiger partial charge >= 0.3 is 0 Å². The fraction of sp³-hybridized carbons (Fsp3) is 0.700. The van der Waals surface area contributed by atoms with Gasteiger partial charge in [-0.1, -0.05) is 103 Å². The van der Waals surface area contributed by atoms with Crippen LogP contribution in [0.2, 0.25) is 0 Å². The van der Waals surface area contributed by atoms with Crippen molar-refractivity contribution in [3.63, 3.8) is 0 Å². The summed E-state index contributed by atoms with van der Waals surface area (Å²) in [5, 5.41) is 14.9. The monoisotopic (exact) mass is 1060 g/mol. The van der Waals surface area contributed by atoms with E-state index < -0.39 is 0 Å². The van der Waals surface area contributed by atoms with Gasteiger partial charge in [-0.25, -0.2) is 19.9 Å². The van der Waals surface area contributed by atoms with Gasteiger partial charge in [0.2, 0.25) is 5.95 Å². The van der Waals surface area contributed by atoms with Crippen molar-refractivity contribution in [3.05, 3.63) is 77.8 Å². The minimum atomic E-state index is -0.122. The molecule has 4 aromatic heterocycles. The summed E-state index contributed by atoms with van der Waals surface area (Å²) in [7, 11) is 0. The quantitative estimate of drug-likeness (QED) is 0.117. The number of carbonyl (C=O) groups excluding carboxylic acids is 1. The normalized spacial score (nSPS) is 16.7. The van der Waals surface area contributed by atoms with Gasteiger partial charge in [0.15, 0.2) is 5.82 Å². The number of piperazine rings is 4.